The average molecular weight is 423 g/mol. The zero-order valence-electron chi connectivity index (χ0n) is 17.3. The Labute approximate surface area is 185 Å². The van der Waals surface area contributed by atoms with Gasteiger partial charge in [0.05, 0.1) is 0 Å². The molecular weight excluding hydrogens is 402 g/mol. The quantitative estimate of drug-likeness (QED) is 0.492. The Morgan fingerprint density at radius 3 is 2.56 bits per heavy atom. The predicted molar refractivity (Wildman–Crippen MR) is 120 cm³/mol. The van der Waals surface area contributed by atoms with Gasteiger partial charge in [-0.1, -0.05) is 36.4 Å². The van der Waals surface area contributed by atoms with Crippen molar-refractivity contribution in [3.05, 3.63) is 103 Å². The van der Waals surface area contributed by atoms with E-state index in [1.54, 1.807) is 18.6 Å². The van der Waals surface area contributed by atoms with E-state index in [-0.39, 0.29) is 5.91 Å². The smallest absolute Gasteiger partial charge is 0.261 e. The number of para-hydroxylation sites is 2. The molecule has 0 saturated heterocycles. The first kappa shape index (κ1) is 19.8. The molecule has 0 radical (unpaired) electrons. The van der Waals surface area contributed by atoms with Crippen LogP contribution < -0.4 is 14.8 Å². The largest absolute Gasteiger partial charge is 0.464 e. The number of benzene rings is 2. The van der Waals surface area contributed by atoms with Crippen LogP contribution in [0.25, 0.3) is 11.1 Å². The van der Waals surface area contributed by atoms with Crippen LogP contribution in [0.1, 0.15) is 11.1 Å². The second kappa shape index (κ2) is 8.89. The molecule has 2 aromatic carbocycles. The third-order valence-electron chi connectivity index (χ3n) is 5.32. The van der Waals surface area contributed by atoms with Gasteiger partial charge in [0.15, 0.2) is 6.10 Å². The molecule has 0 bridgehead atoms. The molecule has 6 heteroatoms. The Morgan fingerprint density at radius 2 is 1.72 bits per heavy atom. The Hall–Kier alpha value is -4.19. The number of amides is 1. The van der Waals surface area contributed by atoms with Crippen LogP contribution in [-0.2, 0) is 17.8 Å². The van der Waals surface area contributed by atoms with E-state index in [2.05, 4.69) is 15.3 Å². The highest BCUT2D eigenvalue weighted by molar-refractivity contribution is 5.84. The van der Waals surface area contributed by atoms with Crippen LogP contribution in [0.2, 0.25) is 0 Å². The minimum atomic E-state index is -0.623. The molecule has 1 N–H and O–H groups in total. The average Bonchev–Trinajstić information content (AvgIpc) is 3.29. The van der Waals surface area contributed by atoms with Gasteiger partial charge in [0.2, 0.25) is 5.88 Å². The summed E-state index contributed by atoms with van der Waals surface area (Å²) in [7, 11) is 0. The molecule has 0 aliphatic carbocycles. The Kier molecular flexibility index (Phi) is 5.49. The van der Waals surface area contributed by atoms with Crippen LogP contribution in [0, 0.1) is 0 Å². The molecular formula is C26H21N3O3. The summed E-state index contributed by atoms with van der Waals surface area (Å²) in [5, 5.41) is 2.93. The fraction of sp³-hybridized carbons (Fsp3) is 0.115. The summed E-state index contributed by atoms with van der Waals surface area (Å²) in [4.78, 5) is 21.1. The van der Waals surface area contributed by atoms with Crippen LogP contribution in [-0.4, -0.2) is 22.0 Å². The Bertz CT molecular complexity index is 1230. The SMILES string of the molecule is O=C(NCc1ccncc1)C1Cc2c(-c3ccccc3Oc3ccccc3)ccnc2O1. The third-order valence-corrected chi connectivity index (χ3v) is 5.32. The van der Waals surface area contributed by atoms with Crippen LogP contribution in [0.3, 0.4) is 0 Å². The summed E-state index contributed by atoms with van der Waals surface area (Å²) in [6.07, 6.45) is 4.93. The van der Waals surface area contributed by atoms with Crippen molar-refractivity contribution in [2.75, 3.05) is 0 Å². The van der Waals surface area contributed by atoms with E-state index < -0.39 is 6.10 Å². The summed E-state index contributed by atoms with van der Waals surface area (Å²) in [5.41, 5.74) is 3.76. The van der Waals surface area contributed by atoms with Gasteiger partial charge in [0.25, 0.3) is 5.91 Å². The van der Waals surface area contributed by atoms with Gasteiger partial charge in [-0.15, -0.1) is 0 Å². The molecule has 1 unspecified atom stereocenters. The molecule has 2 aromatic heterocycles. The summed E-state index contributed by atoms with van der Waals surface area (Å²) >= 11 is 0. The fourth-order valence-corrected chi connectivity index (χ4v) is 3.73. The van der Waals surface area contributed by atoms with Gasteiger partial charge in [-0.25, -0.2) is 4.98 Å². The third kappa shape index (κ3) is 4.16. The number of rotatable bonds is 6. The molecule has 0 saturated carbocycles. The van der Waals surface area contributed by atoms with Gasteiger partial charge < -0.3 is 14.8 Å². The minimum absolute atomic E-state index is 0.167. The zero-order chi connectivity index (χ0) is 21.8. The van der Waals surface area contributed by atoms with Crippen molar-refractivity contribution in [2.24, 2.45) is 0 Å². The highest BCUT2D eigenvalue weighted by Crippen LogP contribution is 2.40. The summed E-state index contributed by atoms with van der Waals surface area (Å²) in [6, 6.07) is 23.2. The van der Waals surface area contributed by atoms with Crippen molar-refractivity contribution in [3.63, 3.8) is 0 Å². The Balaban J connectivity index is 1.37. The van der Waals surface area contributed by atoms with E-state index in [0.29, 0.717) is 18.8 Å². The van der Waals surface area contributed by atoms with Crippen LogP contribution >= 0.6 is 0 Å². The normalized spacial score (nSPS) is 14.3. The van der Waals surface area contributed by atoms with Gasteiger partial charge >= 0.3 is 0 Å². The fourth-order valence-electron chi connectivity index (χ4n) is 3.73. The lowest BCUT2D eigenvalue weighted by Gasteiger charge is -2.13. The van der Waals surface area contributed by atoms with Crippen molar-refractivity contribution in [1.29, 1.82) is 0 Å². The van der Waals surface area contributed by atoms with Crippen molar-refractivity contribution in [2.45, 2.75) is 19.1 Å². The first-order valence-corrected chi connectivity index (χ1v) is 10.4. The number of fused-ring (bicyclic) bond motifs is 1. The molecule has 4 aromatic rings. The topological polar surface area (TPSA) is 73.3 Å². The maximum absolute atomic E-state index is 12.7. The standard InChI is InChI=1S/C26H21N3O3/c30-25(29-17-18-10-13-27-14-11-18)24-16-22-20(12-15-28-26(22)32-24)21-8-4-5-9-23(21)31-19-6-2-1-3-7-19/h1-15,24H,16-17H2,(H,29,30). The van der Waals surface area contributed by atoms with Crippen LogP contribution in [0.15, 0.2) is 91.4 Å². The van der Waals surface area contributed by atoms with Gasteiger partial charge in [-0.05, 0) is 47.5 Å². The lowest BCUT2D eigenvalue weighted by molar-refractivity contribution is -0.127. The number of pyridine rings is 2. The summed E-state index contributed by atoms with van der Waals surface area (Å²) in [5.74, 6) is 1.81. The molecule has 158 valence electrons. The van der Waals surface area contributed by atoms with Crippen LogP contribution in [0.4, 0.5) is 0 Å². The summed E-state index contributed by atoms with van der Waals surface area (Å²) < 4.78 is 12.0. The molecule has 1 aliphatic heterocycles. The number of ether oxygens (including phenoxy) is 2. The number of nitrogens with one attached hydrogen (secondary N) is 1. The first-order valence-electron chi connectivity index (χ1n) is 10.4. The molecule has 5 rings (SSSR count). The van der Waals surface area contributed by atoms with E-state index in [1.165, 1.54) is 0 Å². The molecule has 0 spiro atoms. The van der Waals surface area contributed by atoms with Gasteiger partial charge in [0, 0.05) is 42.7 Å². The van der Waals surface area contributed by atoms with Gasteiger partial charge in [-0.2, -0.15) is 0 Å². The number of carbonyl (C=O) groups is 1. The van der Waals surface area contributed by atoms with E-state index in [1.807, 2.05) is 72.8 Å². The van der Waals surface area contributed by atoms with E-state index in [4.69, 9.17) is 9.47 Å². The summed E-state index contributed by atoms with van der Waals surface area (Å²) in [6.45, 7) is 0.422. The maximum atomic E-state index is 12.7. The van der Waals surface area contributed by atoms with Gasteiger partial charge in [0.1, 0.15) is 11.5 Å². The van der Waals surface area contributed by atoms with E-state index in [0.717, 1.165) is 33.8 Å². The molecule has 1 aliphatic rings. The van der Waals surface area contributed by atoms with Crippen molar-refractivity contribution in [1.82, 2.24) is 15.3 Å². The van der Waals surface area contributed by atoms with Gasteiger partial charge in [-0.3, -0.25) is 9.78 Å². The highest BCUT2D eigenvalue weighted by atomic mass is 16.5. The monoisotopic (exact) mass is 423 g/mol. The number of carbonyl (C=O) groups excluding carboxylic acids is 1. The lowest BCUT2D eigenvalue weighted by Crippen LogP contribution is -2.37. The molecule has 1 amide bonds. The first-order chi connectivity index (χ1) is 15.8. The second-order valence-electron chi connectivity index (χ2n) is 7.44. The number of aromatic nitrogens is 2. The second-order valence-corrected chi connectivity index (χ2v) is 7.44. The zero-order valence-corrected chi connectivity index (χ0v) is 17.3. The van der Waals surface area contributed by atoms with E-state index in [9.17, 15) is 4.79 Å². The van der Waals surface area contributed by atoms with Crippen molar-refractivity contribution < 1.29 is 14.3 Å². The number of hydrogen-bond donors (Lipinski definition) is 1. The molecule has 1 atom stereocenters. The minimum Gasteiger partial charge on any atom is -0.464 e. The Morgan fingerprint density at radius 1 is 0.938 bits per heavy atom. The molecule has 3 heterocycles. The number of nitrogens with zero attached hydrogens (tertiary/aromatic N) is 2. The molecule has 32 heavy (non-hydrogen) atoms. The van der Waals surface area contributed by atoms with Crippen molar-refractivity contribution >= 4 is 5.91 Å². The van der Waals surface area contributed by atoms with Crippen LogP contribution in [0.5, 0.6) is 17.4 Å². The lowest BCUT2D eigenvalue weighted by atomic mass is 9.98. The highest BCUT2D eigenvalue weighted by Gasteiger charge is 2.32. The van der Waals surface area contributed by atoms with E-state index >= 15 is 0 Å². The molecule has 0 fully saturated rings. The number of hydrogen-bond acceptors (Lipinski definition) is 5. The van der Waals surface area contributed by atoms with Crippen molar-refractivity contribution in [3.8, 4) is 28.5 Å². The predicted octanol–water partition coefficient (Wildman–Crippen LogP) is 4.56. The molecule has 6 nitrogen and oxygen atoms in total. The maximum Gasteiger partial charge on any atom is 0.261 e.